The van der Waals surface area contributed by atoms with Gasteiger partial charge in [-0.1, -0.05) is 13.0 Å². The van der Waals surface area contributed by atoms with Crippen LogP contribution in [0.3, 0.4) is 0 Å². The van der Waals surface area contributed by atoms with Crippen LogP contribution in [0, 0.1) is 6.92 Å². The Kier molecular flexibility index (Phi) is 5.01. The summed E-state index contributed by atoms with van der Waals surface area (Å²) in [4.78, 5) is 15.6. The number of nitrogens with zero attached hydrogens (tertiary/aromatic N) is 4. The molecule has 0 aliphatic heterocycles. The fraction of sp³-hybridized carbons (Fsp3) is 0.400. The highest BCUT2D eigenvalue weighted by molar-refractivity contribution is 5.34. The number of nitrogens with one attached hydrogen (secondary N) is 1. The second-order valence-electron chi connectivity index (χ2n) is 4.69. The summed E-state index contributed by atoms with van der Waals surface area (Å²) in [5, 5.41) is 3.07. The number of anilines is 1. The van der Waals surface area contributed by atoms with Crippen LogP contribution < -0.4 is 5.32 Å². The van der Waals surface area contributed by atoms with Crippen molar-refractivity contribution in [3.8, 4) is 0 Å². The predicted octanol–water partition coefficient (Wildman–Crippen LogP) is 2.24. The van der Waals surface area contributed by atoms with Crippen molar-refractivity contribution in [3.63, 3.8) is 0 Å². The Balaban J connectivity index is 2.08. The van der Waals surface area contributed by atoms with Crippen molar-refractivity contribution in [2.75, 3.05) is 18.9 Å². The topological polar surface area (TPSA) is 53.9 Å². The molecule has 20 heavy (non-hydrogen) atoms. The minimum atomic E-state index is 0.726. The zero-order chi connectivity index (χ0) is 14.4. The van der Waals surface area contributed by atoms with E-state index in [4.69, 9.17) is 0 Å². The zero-order valence-corrected chi connectivity index (χ0v) is 12.3. The first-order valence-electron chi connectivity index (χ1n) is 6.86. The number of hydrogen-bond acceptors (Lipinski definition) is 5. The van der Waals surface area contributed by atoms with Crippen LogP contribution in [0.15, 0.2) is 30.5 Å². The van der Waals surface area contributed by atoms with E-state index in [9.17, 15) is 0 Å². The molecule has 0 aromatic carbocycles. The van der Waals surface area contributed by atoms with Crippen LogP contribution in [0.5, 0.6) is 0 Å². The lowest BCUT2D eigenvalue weighted by Gasteiger charge is -2.19. The van der Waals surface area contributed by atoms with Gasteiger partial charge in [0.15, 0.2) is 0 Å². The van der Waals surface area contributed by atoms with E-state index < -0.39 is 0 Å². The number of hydrogen-bond donors (Lipinski definition) is 1. The largest absolute Gasteiger partial charge is 0.373 e. The Morgan fingerprint density at radius 1 is 1.20 bits per heavy atom. The molecule has 0 amide bonds. The molecular weight excluding hydrogens is 250 g/mol. The van der Waals surface area contributed by atoms with Crippen molar-refractivity contribution in [1.82, 2.24) is 19.9 Å². The van der Waals surface area contributed by atoms with Gasteiger partial charge >= 0.3 is 0 Å². The first-order chi connectivity index (χ1) is 9.71. The highest BCUT2D eigenvalue weighted by atomic mass is 15.2. The zero-order valence-electron chi connectivity index (χ0n) is 12.3. The van der Waals surface area contributed by atoms with Gasteiger partial charge in [-0.15, -0.1) is 0 Å². The SMILES string of the molecule is CCN(Cc1ccccn1)Cc1nc(C)cc(NC)n1. The molecule has 0 spiro atoms. The summed E-state index contributed by atoms with van der Waals surface area (Å²) in [6.07, 6.45) is 1.82. The average molecular weight is 271 g/mol. The minimum absolute atomic E-state index is 0.726. The summed E-state index contributed by atoms with van der Waals surface area (Å²) in [6.45, 7) is 6.59. The van der Waals surface area contributed by atoms with E-state index in [1.54, 1.807) is 0 Å². The first kappa shape index (κ1) is 14.4. The summed E-state index contributed by atoms with van der Waals surface area (Å²) >= 11 is 0. The molecule has 5 nitrogen and oxygen atoms in total. The monoisotopic (exact) mass is 271 g/mol. The summed E-state index contributed by atoms with van der Waals surface area (Å²) in [5.41, 5.74) is 2.05. The molecule has 0 saturated heterocycles. The average Bonchev–Trinajstić information content (AvgIpc) is 2.47. The fourth-order valence-corrected chi connectivity index (χ4v) is 2.03. The van der Waals surface area contributed by atoms with Crippen molar-refractivity contribution < 1.29 is 0 Å². The van der Waals surface area contributed by atoms with E-state index in [-0.39, 0.29) is 0 Å². The van der Waals surface area contributed by atoms with E-state index in [2.05, 4.69) is 32.1 Å². The second-order valence-corrected chi connectivity index (χ2v) is 4.69. The summed E-state index contributed by atoms with van der Waals surface area (Å²) in [6, 6.07) is 7.93. The molecule has 0 aliphatic rings. The number of rotatable bonds is 6. The number of aryl methyl sites for hydroxylation is 1. The molecule has 5 heteroatoms. The van der Waals surface area contributed by atoms with Crippen molar-refractivity contribution in [2.24, 2.45) is 0 Å². The van der Waals surface area contributed by atoms with Crippen LogP contribution in [0.4, 0.5) is 5.82 Å². The van der Waals surface area contributed by atoms with E-state index in [1.807, 2.05) is 44.4 Å². The van der Waals surface area contributed by atoms with Crippen molar-refractivity contribution in [2.45, 2.75) is 26.9 Å². The molecule has 106 valence electrons. The summed E-state index contributed by atoms with van der Waals surface area (Å²) in [5.74, 6) is 1.70. The number of aromatic nitrogens is 3. The maximum Gasteiger partial charge on any atom is 0.144 e. The third-order valence-corrected chi connectivity index (χ3v) is 3.08. The van der Waals surface area contributed by atoms with Crippen LogP contribution in [0.2, 0.25) is 0 Å². The smallest absolute Gasteiger partial charge is 0.144 e. The van der Waals surface area contributed by atoms with Crippen molar-refractivity contribution in [3.05, 3.63) is 47.7 Å². The van der Waals surface area contributed by atoms with Gasteiger partial charge in [-0.2, -0.15) is 0 Å². The van der Waals surface area contributed by atoms with Crippen LogP contribution in [-0.2, 0) is 13.1 Å². The maximum atomic E-state index is 4.50. The van der Waals surface area contributed by atoms with Gasteiger partial charge in [-0.05, 0) is 25.6 Å². The minimum Gasteiger partial charge on any atom is -0.373 e. The Hall–Kier alpha value is -2.01. The summed E-state index contributed by atoms with van der Waals surface area (Å²) < 4.78 is 0. The Morgan fingerprint density at radius 3 is 2.70 bits per heavy atom. The van der Waals surface area contributed by atoms with E-state index >= 15 is 0 Å². The van der Waals surface area contributed by atoms with Crippen molar-refractivity contribution >= 4 is 5.82 Å². The highest BCUT2D eigenvalue weighted by Crippen LogP contribution is 2.09. The van der Waals surface area contributed by atoms with Gasteiger partial charge in [0.2, 0.25) is 0 Å². The third-order valence-electron chi connectivity index (χ3n) is 3.08. The highest BCUT2D eigenvalue weighted by Gasteiger charge is 2.09. The Bertz CT molecular complexity index is 541. The molecule has 0 fully saturated rings. The second kappa shape index (κ2) is 6.96. The molecular formula is C15H21N5. The molecule has 2 heterocycles. The molecule has 2 aromatic heterocycles. The quantitative estimate of drug-likeness (QED) is 0.873. The van der Waals surface area contributed by atoms with Gasteiger partial charge in [0.25, 0.3) is 0 Å². The van der Waals surface area contributed by atoms with E-state index in [0.29, 0.717) is 0 Å². The van der Waals surface area contributed by atoms with Gasteiger partial charge < -0.3 is 5.32 Å². The molecule has 2 rings (SSSR count). The lowest BCUT2D eigenvalue weighted by molar-refractivity contribution is 0.261. The maximum absolute atomic E-state index is 4.50. The van der Waals surface area contributed by atoms with Crippen molar-refractivity contribution in [1.29, 1.82) is 0 Å². The molecule has 1 N–H and O–H groups in total. The van der Waals surface area contributed by atoms with Gasteiger partial charge in [0, 0.05) is 31.5 Å². The first-order valence-corrected chi connectivity index (χ1v) is 6.86. The standard InChI is InChI=1S/C15H21N5/c1-4-20(10-13-7-5-6-8-17-13)11-15-18-12(2)9-14(16-3)19-15/h5-9H,4,10-11H2,1-3H3,(H,16,18,19). The van der Waals surface area contributed by atoms with Crippen LogP contribution in [0.1, 0.15) is 24.1 Å². The molecule has 0 saturated carbocycles. The van der Waals surface area contributed by atoms with Gasteiger partial charge in [0.05, 0.1) is 12.2 Å². The molecule has 0 aliphatic carbocycles. The van der Waals surface area contributed by atoms with Gasteiger partial charge in [-0.25, -0.2) is 9.97 Å². The normalized spacial score (nSPS) is 10.8. The third kappa shape index (κ3) is 3.99. The van der Waals surface area contributed by atoms with Crippen LogP contribution in [0.25, 0.3) is 0 Å². The lowest BCUT2D eigenvalue weighted by Crippen LogP contribution is -2.24. The van der Waals surface area contributed by atoms with Crippen LogP contribution >= 0.6 is 0 Å². The lowest BCUT2D eigenvalue weighted by atomic mass is 10.3. The summed E-state index contributed by atoms with van der Waals surface area (Å²) in [7, 11) is 1.87. The predicted molar refractivity (Wildman–Crippen MR) is 80.3 cm³/mol. The van der Waals surface area contributed by atoms with E-state index in [1.165, 1.54) is 0 Å². The molecule has 0 radical (unpaired) electrons. The van der Waals surface area contributed by atoms with Crippen LogP contribution in [-0.4, -0.2) is 33.4 Å². The molecule has 2 aromatic rings. The van der Waals surface area contributed by atoms with Gasteiger partial charge in [-0.3, -0.25) is 9.88 Å². The van der Waals surface area contributed by atoms with E-state index in [0.717, 1.165) is 42.7 Å². The fourth-order valence-electron chi connectivity index (χ4n) is 2.03. The molecule has 0 bridgehead atoms. The Morgan fingerprint density at radius 2 is 2.05 bits per heavy atom. The number of pyridine rings is 1. The Labute approximate surface area is 120 Å². The molecule has 0 unspecified atom stereocenters. The van der Waals surface area contributed by atoms with Gasteiger partial charge in [0.1, 0.15) is 11.6 Å². The molecule has 0 atom stereocenters.